The number of hydrogen-bond acceptors (Lipinski definition) is 5. The Hall–Kier alpha value is -2.25. The molecule has 0 amide bonds. The Bertz CT molecular complexity index is 641. The predicted molar refractivity (Wildman–Crippen MR) is 75.6 cm³/mol. The zero-order valence-corrected chi connectivity index (χ0v) is 12.7. The van der Waals surface area contributed by atoms with Gasteiger partial charge in [0.25, 0.3) is 0 Å². The van der Waals surface area contributed by atoms with Crippen LogP contribution in [0.1, 0.15) is 39.3 Å². The van der Waals surface area contributed by atoms with Crippen molar-refractivity contribution in [3.8, 4) is 11.5 Å². The number of carbonyl (C=O) groups is 1. The summed E-state index contributed by atoms with van der Waals surface area (Å²) in [5.74, 6) is -0.505. The third-order valence-electron chi connectivity index (χ3n) is 3.96. The highest BCUT2D eigenvalue weighted by atomic mass is 16.4. The van der Waals surface area contributed by atoms with E-state index in [-0.39, 0.29) is 0 Å². The van der Waals surface area contributed by atoms with Crippen LogP contribution in [0.4, 0.5) is 0 Å². The summed E-state index contributed by atoms with van der Waals surface area (Å²) >= 11 is 0. The molecular weight excluding hydrogens is 272 g/mol. The van der Waals surface area contributed by atoms with Crippen molar-refractivity contribution in [3.63, 3.8) is 0 Å². The van der Waals surface area contributed by atoms with Gasteiger partial charge in [-0.25, -0.2) is 9.48 Å². The van der Waals surface area contributed by atoms with E-state index in [0.717, 1.165) is 12.1 Å². The molecule has 0 spiro atoms. The Labute approximate surface area is 122 Å². The fourth-order valence-corrected chi connectivity index (χ4v) is 2.49. The summed E-state index contributed by atoms with van der Waals surface area (Å²) in [6.07, 6.45) is 1.59. The van der Waals surface area contributed by atoms with Crippen LogP contribution in [0.25, 0.3) is 11.5 Å². The number of rotatable bonds is 6. The lowest BCUT2D eigenvalue weighted by atomic mass is 9.93. The topological polar surface area (TPSA) is 98.7 Å². The van der Waals surface area contributed by atoms with Crippen molar-refractivity contribution >= 4 is 5.97 Å². The standard InChI is InChI=1S/C13H20N6O2/c1-5-9-8-10(18(4)15-9)11-14-16-17-19(11)13(6-2,7-3)12(20)21/h8H,5-7H2,1-4H3,(H,20,21). The van der Waals surface area contributed by atoms with Gasteiger partial charge in [0, 0.05) is 7.05 Å². The SMILES string of the molecule is CCc1cc(-c2nnnn2C(CC)(CC)C(=O)O)n(C)n1. The number of aliphatic carboxylic acids is 1. The number of aromatic nitrogens is 6. The van der Waals surface area contributed by atoms with Crippen LogP contribution < -0.4 is 0 Å². The highest BCUT2D eigenvalue weighted by Gasteiger charge is 2.41. The number of nitrogens with zero attached hydrogens (tertiary/aromatic N) is 6. The molecule has 0 saturated carbocycles. The predicted octanol–water partition coefficient (Wildman–Crippen LogP) is 1.24. The van der Waals surface area contributed by atoms with Crippen LogP contribution in [0.15, 0.2) is 6.07 Å². The first-order chi connectivity index (χ1) is 10.00. The molecule has 21 heavy (non-hydrogen) atoms. The van der Waals surface area contributed by atoms with Crippen LogP contribution in [0.2, 0.25) is 0 Å². The summed E-state index contributed by atoms with van der Waals surface area (Å²) in [5, 5.41) is 25.6. The van der Waals surface area contributed by atoms with Gasteiger partial charge < -0.3 is 5.11 Å². The highest BCUT2D eigenvalue weighted by Crippen LogP contribution is 2.29. The van der Waals surface area contributed by atoms with Crippen molar-refractivity contribution < 1.29 is 9.90 Å². The maximum Gasteiger partial charge on any atom is 0.331 e. The van der Waals surface area contributed by atoms with Crippen molar-refractivity contribution in [2.75, 3.05) is 0 Å². The largest absolute Gasteiger partial charge is 0.479 e. The van der Waals surface area contributed by atoms with Crippen molar-refractivity contribution in [3.05, 3.63) is 11.8 Å². The first-order valence-corrected chi connectivity index (χ1v) is 7.05. The minimum absolute atomic E-state index is 0.398. The molecule has 0 aliphatic carbocycles. The van der Waals surface area contributed by atoms with Crippen molar-refractivity contribution in [2.45, 2.75) is 45.6 Å². The van der Waals surface area contributed by atoms with E-state index in [4.69, 9.17) is 0 Å². The van der Waals surface area contributed by atoms with Gasteiger partial charge in [-0.1, -0.05) is 20.8 Å². The molecule has 0 radical (unpaired) electrons. The summed E-state index contributed by atoms with van der Waals surface area (Å²) in [4.78, 5) is 11.8. The summed E-state index contributed by atoms with van der Waals surface area (Å²) in [7, 11) is 1.80. The lowest BCUT2D eigenvalue weighted by Crippen LogP contribution is -2.42. The van der Waals surface area contributed by atoms with Crippen molar-refractivity contribution in [1.29, 1.82) is 0 Å². The first-order valence-electron chi connectivity index (χ1n) is 7.05. The summed E-state index contributed by atoms with van der Waals surface area (Å²) in [5.41, 5.74) is 0.482. The van der Waals surface area contributed by atoms with Gasteiger partial charge in [0.15, 0.2) is 5.54 Å². The van der Waals surface area contributed by atoms with E-state index in [2.05, 4.69) is 20.6 Å². The third kappa shape index (κ3) is 2.30. The minimum Gasteiger partial charge on any atom is -0.479 e. The molecule has 0 bridgehead atoms. The molecule has 2 heterocycles. The average Bonchev–Trinajstić information content (AvgIpc) is 3.07. The molecule has 2 aromatic rings. The second-order valence-corrected chi connectivity index (χ2v) is 4.96. The molecule has 0 unspecified atom stereocenters. The van der Waals surface area contributed by atoms with Crippen LogP contribution >= 0.6 is 0 Å². The molecular formula is C13H20N6O2. The maximum absolute atomic E-state index is 11.8. The molecule has 8 heteroatoms. The Kier molecular flexibility index (Phi) is 4.06. The molecule has 0 saturated heterocycles. The second kappa shape index (κ2) is 5.63. The van der Waals surface area contributed by atoms with Crippen LogP contribution in [-0.4, -0.2) is 41.1 Å². The molecule has 1 N–H and O–H groups in total. The van der Waals surface area contributed by atoms with E-state index < -0.39 is 11.5 Å². The van der Waals surface area contributed by atoms with Gasteiger partial charge in [0.2, 0.25) is 5.82 Å². The number of aryl methyl sites for hydroxylation is 2. The Morgan fingerprint density at radius 2 is 2.00 bits per heavy atom. The zero-order chi connectivity index (χ0) is 15.6. The van der Waals surface area contributed by atoms with Gasteiger partial charge in [-0.05, 0) is 35.8 Å². The molecule has 0 aliphatic rings. The van der Waals surface area contributed by atoms with E-state index in [1.54, 1.807) is 11.7 Å². The quantitative estimate of drug-likeness (QED) is 0.860. The number of carboxylic acid groups (broad SMARTS) is 1. The Morgan fingerprint density at radius 3 is 2.48 bits per heavy atom. The molecule has 0 aromatic carbocycles. The van der Waals surface area contributed by atoms with Crippen LogP contribution in [0.3, 0.4) is 0 Å². The Morgan fingerprint density at radius 1 is 1.33 bits per heavy atom. The summed E-state index contributed by atoms with van der Waals surface area (Å²) in [6, 6.07) is 1.89. The van der Waals surface area contributed by atoms with E-state index in [0.29, 0.717) is 24.4 Å². The van der Waals surface area contributed by atoms with E-state index >= 15 is 0 Å². The van der Waals surface area contributed by atoms with Gasteiger partial charge in [0.1, 0.15) is 5.69 Å². The lowest BCUT2D eigenvalue weighted by Gasteiger charge is -2.27. The van der Waals surface area contributed by atoms with Crippen LogP contribution in [0, 0.1) is 0 Å². The summed E-state index contributed by atoms with van der Waals surface area (Å²) in [6.45, 7) is 5.66. The molecule has 114 valence electrons. The molecule has 0 fully saturated rings. The molecule has 0 atom stereocenters. The van der Waals surface area contributed by atoms with Gasteiger partial charge in [0.05, 0.1) is 5.69 Å². The van der Waals surface area contributed by atoms with Gasteiger partial charge >= 0.3 is 5.97 Å². The molecule has 2 aromatic heterocycles. The fraction of sp³-hybridized carbons (Fsp3) is 0.615. The van der Waals surface area contributed by atoms with E-state index in [1.807, 2.05) is 26.8 Å². The first kappa shape index (κ1) is 15.1. The van der Waals surface area contributed by atoms with Gasteiger partial charge in [-0.2, -0.15) is 5.10 Å². The van der Waals surface area contributed by atoms with E-state index in [1.165, 1.54) is 4.68 Å². The normalized spacial score (nSPS) is 11.8. The molecule has 2 rings (SSSR count). The summed E-state index contributed by atoms with van der Waals surface area (Å²) < 4.78 is 3.09. The van der Waals surface area contributed by atoms with Crippen molar-refractivity contribution in [1.82, 2.24) is 30.0 Å². The highest BCUT2D eigenvalue weighted by molar-refractivity contribution is 5.77. The van der Waals surface area contributed by atoms with Crippen LogP contribution in [-0.2, 0) is 23.8 Å². The monoisotopic (exact) mass is 292 g/mol. The smallest absolute Gasteiger partial charge is 0.331 e. The number of hydrogen-bond donors (Lipinski definition) is 1. The van der Waals surface area contributed by atoms with E-state index in [9.17, 15) is 9.90 Å². The van der Waals surface area contributed by atoms with Gasteiger partial charge in [-0.15, -0.1) is 5.10 Å². The molecule has 0 aliphatic heterocycles. The number of tetrazole rings is 1. The fourth-order valence-electron chi connectivity index (χ4n) is 2.49. The second-order valence-electron chi connectivity index (χ2n) is 4.96. The third-order valence-corrected chi connectivity index (χ3v) is 3.96. The Balaban J connectivity index is 2.61. The number of carboxylic acids is 1. The van der Waals surface area contributed by atoms with Crippen molar-refractivity contribution in [2.24, 2.45) is 7.05 Å². The zero-order valence-electron chi connectivity index (χ0n) is 12.7. The average molecular weight is 292 g/mol. The maximum atomic E-state index is 11.8. The molecule has 8 nitrogen and oxygen atoms in total. The van der Waals surface area contributed by atoms with Crippen LogP contribution in [0.5, 0.6) is 0 Å². The minimum atomic E-state index is -1.14. The lowest BCUT2D eigenvalue weighted by molar-refractivity contribution is -0.148. The van der Waals surface area contributed by atoms with Gasteiger partial charge in [-0.3, -0.25) is 4.68 Å².